The number of esters is 1. The highest BCUT2D eigenvalue weighted by atomic mass is 16.6. The second-order valence-electron chi connectivity index (χ2n) is 15.0. The molecule has 0 spiro atoms. The average Bonchev–Trinajstić information content (AvgIpc) is 3.60. The van der Waals surface area contributed by atoms with E-state index in [9.17, 15) is 19.5 Å². The van der Waals surface area contributed by atoms with E-state index in [1.807, 2.05) is 52.0 Å². The zero-order valence-electron chi connectivity index (χ0n) is 31.7. The Bertz CT molecular complexity index is 2480. The molecule has 12 heteroatoms. The van der Waals surface area contributed by atoms with Crippen LogP contribution in [0.25, 0.3) is 17.0 Å². The number of benzene rings is 4. The Kier molecular flexibility index (Phi) is 8.94. The number of phenolic OH excluding ortho intramolecular Hbond substituents is 1. The van der Waals surface area contributed by atoms with Gasteiger partial charge in [0.25, 0.3) is 0 Å². The van der Waals surface area contributed by atoms with Crippen LogP contribution in [0.15, 0.2) is 88.1 Å². The van der Waals surface area contributed by atoms with Crippen LogP contribution in [0.3, 0.4) is 0 Å². The number of ketones is 1. The van der Waals surface area contributed by atoms with Crippen LogP contribution in [-0.2, 0) is 11.2 Å². The molecule has 4 aliphatic heterocycles. The summed E-state index contributed by atoms with van der Waals surface area (Å²) in [5.74, 6) is 1.61. The summed E-state index contributed by atoms with van der Waals surface area (Å²) in [4.78, 5) is 37.4. The van der Waals surface area contributed by atoms with E-state index >= 15 is 0 Å². The Labute approximate surface area is 322 Å². The number of carbonyl (C=O) groups is 2. The molecule has 1 aromatic heterocycles. The fraction of sp³-hybridized carbons (Fsp3) is 0.295. The highest BCUT2D eigenvalue weighted by Crippen LogP contribution is 2.52. The van der Waals surface area contributed by atoms with Gasteiger partial charge in [0.15, 0.2) is 17.3 Å². The molecule has 3 unspecified atom stereocenters. The minimum absolute atomic E-state index is 0.158. The topological polar surface area (TPSA) is 149 Å². The summed E-state index contributed by atoms with van der Waals surface area (Å²) in [6.07, 6.45) is 3.52. The Morgan fingerprint density at radius 3 is 2.39 bits per heavy atom. The second-order valence-corrected chi connectivity index (χ2v) is 15.0. The van der Waals surface area contributed by atoms with Crippen LogP contribution in [0, 0.1) is 0 Å². The van der Waals surface area contributed by atoms with E-state index in [2.05, 4.69) is 0 Å². The van der Waals surface area contributed by atoms with E-state index in [0.717, 1.165) is 10.9 Å². The Balaban J connectivity index is 0.000000159. The first-order valence-corrected chi connectivity index (χ1v) is 18.1. The predicted octanol–water partition coefficient (Wildman–Crippen LogP) is 7.45. The van der Waals surface area contributed by atoms with Crippen molar-refractivity contribution in [2.75, 3.05) is 20.8 Å². The SMILES string of the molecule is CC(C)(OC(=O)c1ccccc1)C1Cc2cc3ccc(=O)oc3cc2O1.COc1cc2c(cc1OC)C1C(=O)c3c(O)cc4c(c3OC1CO2)C=CC(C)(C)O4. The monoisotopic (exact) mass is 760 g/mol. The van der Waals surface area contributed by atoms with E-state index in [-0.39, 0.29) is 35.8 Å². The molecule has 12 nitrogen and oxygen atoms in total. The number of aromatic hydroxyl groups is 1. The van der Waals surface area contributed by atoms with Crippen molar-refractivity contribution >= 4 is 28.8 Å². The number of carbonyl (C=O) groups excluding carboxylic acids is 2. The molecule has 0 aliphatic carbocycles. The molecule has 3 atom stereocenters. The fourth-order valence-electron chi connectivity index (χ4n) is 7.41. The van der Waals surface area contributed by atoms with Gasteiger partial charge in [-0.3, -0.25) is 4.79 Å². The average molecular weight is 761 g/mol. The summed E-state index contributed by atoms with van der Waals surface area (Å²) in [6.45, 7) is 7.70. The number of phenols is 1. The molecule has 0 saturated heterocycles. The maximum Gasteiger partial charge on any atom is 0.338 e. The lowest BCUT2D eigenvalue weighted by Crippen LogP contribution is -2.43. The summed E-state index contributed by atoms with van der Waals surface area (Å²) in [5, 5.41) is 11.5. The summed E-state index contributed by atoms with van der Waals surface area (Å²) in [7, 11) is 3.07. The van der Waals surface area contributed by atoms with Gasteiger partial charge in [0, 0.05) is 41.6 Å². The number of methoxy groups -OCH3 is 2. The third-order valence-corrected chi connectivity index (χ3v) is 10.3. The minimum Gasteiger partial charge on any atom is -0.507 e. The Morgan fingerprint density at radius 1 is 0.893 bits per heavy atom. The lowest BCUT2D eigenvalue weighted by atomic mass is 9.80. The molecule has 0 amide bonds. The Hall–Kier alpha value is -6.43. The predicted molar refractivity (Wildman–Crippen MR) is 205 cm³/mol. The molecule has 5 heterocycles. The molecule has 0 saturated carbocycles. The van der Waals surface area contributed by atoms with Crippen LogP contribution < -0.4 is 34.0 Å². The number of hydrogen-bond acceptors (Lipinski definition) is 12. The first kappa shape index (κ1) is 36.5. The molecular formula is C44H40O12. The van der Waals surface area contributed by atoms with E-state index in [1.54, 1.807) is 55.6 Å². The third kappa shape index (κ3) is 6.54. The van der Waals surface area contributed by atoms with Crippen LogP contribution in [0.4, 0.5) is 0 Å². The van der Waals surface area contributed by atoms with Crippen LogP contribution in [0.1, 0.15) is 71.0 Å². The molecule has 9 rings (SSSR count). The molecule has 0 radical (unpaired) electrons. The van der Waals surface area contributed by atoms with Crippen LogP contribution in [0.5, 0.6) is 40.2 Å². The molecule has 0 fully saturated rings. The molecule has 4 aliphatic rings. The highest BCUT2D eigenvalue weighted by molar-refractivity contribution is 6.08. The fourth-order valence-corrected chi connectivity index (χ4v) is 7.41. The highest BCUT2D eigenvalue weighted by Gasteiger charge is 2.46. The minimum atomic E-state index is -0.820. The third-order valence-electron chi connectivity index (χ3n) is 10.3. The van der Waals surface area contributed by atoms with Gasteiger partial charge in [-0.05, 0) is 75.7 Å². The van der Waals surface area contributed by atoms with Gasteiger partial charge in [0.1, 0.15) is 69.9 Å². The van der Waals surface area contributed by atoms with Crippen molar-refractivity contribution < 1.29 is 52.3 Å². The number of ether oxygens (including phenoxy) is 7. The summed E-state index contributed by atoms with van der Waals surface area (Å²) < 4.78 is 45.7. The number of rotatable bonds is 5. The molecule has 4 aromatic carbocycles. The first-order valence-electron chi connectivity index (χ1n) is 18.1. The van der Waals surface area contributed by atoms with Crippen molar-refractivity contribution in [1.82, 2.24) is 0 Å². The number of fused-ring (bicyclic) bond motifs is 8. The smallest absolute Gasteiger partial charge is 0.338 e. The maximum absolute atomic E-state index is 13.6. The van der Waals surface area contributed by atoms with Gasteiger partial charge < -0.3 is 42.7 Å². The van der Waals surface area contributed by atoms with Crippen molar-refractivity contribution in [2.45, 2.75) is 63.4 Å². The van der Waals surface area contributed by atoms with Crippen molar-refractivity contribution in [3.8, 4) is 40.2 Å². The van der Waals surface area contributed by atoms with Crippen molar-refractivity contribution in [3.05, 3.63) is 117 Å². The largest absolute Gasteiger partial charge is 0.507 e. The summed E-state index contributed by atoms with van der Waals surface area (Å²) >= 11 is 0. The van der Waals surface area contributed by atoms with Gasteiger partial charge >= 0.3 is 11.6 Å². The van der Waals surface area contributed by atoms with Gasteiger partial charge in [-0.1, -0.05) is 18.2 Å². The van der Waals surface area contributed by atoms with E-state index < -0.39 is 28.8 Å². The van der Waals surface area contributed by atoms with Crippen LogP contribution in [-0.4, -0.2) is 61.1 Å². The van der Waals surface area contributed by atoms with Crippen molar-refractivity contribution in [2.24, 2.45) is 0 Å². The molecule has 5 aromatic rings. The summed E-state index contributed by atoms with van der Waals surface area (Å²) in [6, 6.07) is 20.6. The van der Waals surface area contributed by atoms with Gasteiger partial charge in [-0.2, -0.15) is 0 Å². The standard InChI is InChI=1S/C23H22O7.C21H18O5/c1-23(2)6-5-11-15(30-23)8-13(24)20-21(25)19-12-7-16(26-3)17(27-4)9-14(12)28-10-18(19)29-22(11)20;1-21(2,26-20(23)13-6-4-3-5-7-13)18-11-15-10-14-8-9-19(22)25-16(14)12-17(15)24-18/h5-9,18-19,24H,10H2,1-4H3;3-10,12,18H,11H2,1-2H3. The second kappa shape index (κ2) is 13.7. The van der Waals surface area contributed by atoms with Gasteiger partial charge in [0.05, 0.1) is 31.3 Å². The van der Waals surface area contributed by atoms with Gasteiger partial charge in [-0.15, -0.1) is 0 Å². The molecular weight excluding hydrogens is 720 g/mol. The van der Waals surface area contributed by atoms with Gasteiger partial charge in [0.2, 0.25) is 0 Å². The molecule has 288 valence electrons. The quantitative estimate of drug-likeness (QED) is 0.140. The maximum atomic E-state index is 13.6. The van der Waals surface area contributed by atoms with Crippen molar-refractivity contribution in [1.29, 1.82) is 0 Å². The normalized spacial score (nSPS) is 19.5. The molecule has 0 bridgehead atoms. The van der Waals surface area contributed by atoms with Gasteiger partial charge in [-0.25, -0.2) is 9.59 Å². The van der Waals surface area contributed by atoms with Crippen LogP contribution in [0.2, 0.25) is 0 Å². The molecule has 1 N–H and O–H groups in total. The van der Waals surface area contributed by atoms with E-state index in [1.165, 1.54) is 19.2 Å². The number of hydrogen-bond donors (Lipinski definition) is 1. The first-order chi connectivity index (χ1) is 26.7. The number of Topliss-reactive ketones (excluding diaryl/α,β-unsaturated/α-hetero) is 1. The van der Waals surface area contributed by atoms with E-state index in [0.29, 0.717) is 63.2 Å². The lowest BCUT2D eigenvalue weighted by Gasteiger charge is -2.39. The zero-order valence-corrected chi connectivity index (χ0v) is 31.7. The van der Waals surface area contributed by atoms with Crippen molar-refractivity contribution in [3.63, 3.8) is 0 Å². The Morgan fingerprint density at radius 2 is 1.64 bits per heavy atom. The zero-order chi connectivity index (χ0) is 39.5. The summed E-state index contributed by atoms with van der Waals surface area (Å²) in [5.41, 5.74) is 1.70. The lowest BCUT2D eigenvalue weighted by molar-refractivity contribution is -0.0517. The molecule has 56 heavy (non-hydrogen) atoms. The van der Waals surface area contributed by atoms with Crippen LogP contribution >= 0.6 is 0 Å². The van der Waals surface area contributed by atoms with E-state index in [4.69, 9.17) is 37.6 Å².